The molecule has 0 fully saturated rings. The van der Waals surface area contributed by atoms with Crippen molar-refractivity contribution in [3.05, 3.63) is 41.1 Å². The maximum atomic E-state index is 5.53. The molecule has 0 aliphatic heterocycles. The summed E-state index contributed by atoms with van der Waals surface area (Å²) in [6, 6.07) is 8.34. The molecule has 2 aromatic rings. The zero-order chi connectivity index (χ0) is 13.8. The Hall–Kier alpha value is -1.94. The standard InChI is InChI=1S/C15H20N4/c1-4-11-6-8-12(9-7-11)15-17-13(5-2)10(3)14(18-15)19-16/h6-9H,4-5,16H2,1-3H3,(H,17,18,19). The van der Waals surface area contributed by atoms with Crippen LogP contribution in [-0.2, 0) is 12.8 Å². The maximum absolute atomic E-state index is 5.53. The third kappa shape index (κ3) is 2.74. The van der Waals surface area contributed by atoms with E-state index in [2.05, 4.69) is 53.5 Å². The van der Waals surface area contributed by atoms with Gasteiger partial charge in [0.25, 0.3) is 0 Å². The van der Waals surface area contributed by atoms with Crippen molar-refractivity contribution in [2.75, 3.05) is 5.43 Å². The van der Waals surface area contributed by atoms with Crippen molar-refractivity contribution in [3.8, 4) is 11.4 Å². The second-order valence-electron chi connectivity index (χ2n) is 4.52. The summed E-state index contributed by atoms with van der Waals surface area (Å²) in [5.41, 5.74) is 7.02. The van der Waals surface area contributed by atoms with Gasteiger partial charge in [-0.1, -0.05) is 38.1 Å². The Morgan fingerprint density at radius 2 is 1.74 bits per heavy atom. The Labute approximate surface area is 114 Å². The molecular weight excluding hydrogens is 236 g/mol. The van der Waals surface area contributed by atoms with Crippen LogP contribution in [0.2, 0.25) is 0 Å². The number of aromatic nitrogens is 2. The van der Waals surface area contributed by atoms with Crippen molar-refractivity contribution >= 4 is 5.82 Å². The summed E-state index contributed by atoms with van der Waals surface area (Å²) in [6.45, 7) is 6.21. The van der Waals surface area contributed by atoms with E-state index in [4.69, 9.17) is 5.84 Å². The Kier molecular flexibility index (Phi) is 4.12. The smallest absolute Gasteiger partial charge is 0.161 e. The molecule has 3 N–H and O–H groups in total. The molecule has 0 saturated carbocycles. The summed E-state index contributed by atoms with van der Waals surface area (Å²) >= 11 is 0. The number of hydrazine groups is 1. The highest BCUT2D eigenvalue weighted by molar-refractivity contribution is 5.59. The Morgan fingerprint density at radius 3 is 2.26 bits per heavy atom. The van der Waals surface area contributed by atoms with Crippen LogP contribution in [0.3, 0.4) is 0 Å². The molecule has 4 heteroatoms. The SMILES string of the molecule is CCc1ccc(-c2nc(CC)c(C)c(NN)n2)cc1. The van der Waals surface area contributed by atoms with Crippen molar-refractivity contribution in [3.63, 3.8) is 0 Å². The molecule has 100 valence electrons. The van der Waals surface area contributed by atoms with Crippen molar-refractivity contribution in [1.29, 1.82) is 0 Å². The highest BCUT2D eigenvalue weighted by Gasteiger charge is 2.10. The van der Waals surface area contributed by atoms with E-state index in [1.165, 1.54) is 5.56 Å². The first-order chi connectivity index (χ1) is 9.19. The van der Waals surface area contributed by atoms with Crippen LogP contribution < -0.4 is 11.3 Å². The zero-order valence-corrected chi connectivity index (χ0v) is 11.7. The number of benzene rings is 1. The van der Waals surface area contributed by atoms with Gasteiger partial charge in [0.05, 0.1) is 0 Å². The number of nitrogens with zero attached hydrogens (tertiary/aromatic N) is 2. The molecule has 0 atom stereocenters. The molecule has 0 spiro atoms. The van der Waals surface area contributed by atoms with Gasteiger partial charge in [0.2, 0.25) is 0 Å². The minimum absolute atomic E-state index is 0.696. The lowest BCUT2D eigenvalue weighted by atomic mass is 10.1. The van der Waals surface area contributed by atoms with Gasteiger partial charge < -0.3 is 5.43 Å². The first-order valence-corrected chi connectivity index (χ1v) is 6.63. The first-order valence-electron chi connectivity index (χ1n) is 6.63. The van der Waals surface area contributed by atoms with Crippen LogP contribution in [0, 0.1) is 6.92 Å². The van der Waals surface area contributed by atoms with Gasteiger partial charge in [-0.25, -0.2) is 15.8 Å². The first kappa shape index (κ1) is 13.5. The molecule has 1 aromatic carbocycles. The number of rotatable bonds is 4. The quantitative estimate of drug-likeness (QED) is 0.652. The fourth-order valence-corrected chi connectivity index (χ4v) is 2.07. The van der Waals surface area contributed by atoms with Crippen LogP contribution in [0.4, 0.5) is 5.82 Å². The van der Waals surface area contributed by atoms with Gasteiger partial charge in [0.1, 0.15) is 5.82 Å². The van der Waals surface area contributed by atoms with Crippen molar-refractivity contribution in [2.24, 2.45) is 5.84 Å². The lowest BCUT2D eigenvalue weighted by Crippen LogP contribution is -2.13. The van der Waals surface area contributed by atoms with Crippen molar-refractivity contribution in [2.45, 2.75) is 33.6 Å². The number of hydrogen-bond donors (Lipinski definition) is 2. The average molecular weight is 256 g/mol. The van der Waals surface area contributed by atoms with Crippen LogP contribution in [-0.4, -0.2) is 9.97 Å². The predicted octanol–water partition coefficient (Wildman–Crippen LogP) is 2.86. The highest BCUT2D eigenvalue weighted by atomic mass is 15.3. The number of nitrogens with two attached hydrogens (primary N) is 1. The van der Waals surface area contributed by atoms with E-state index in [9.17, 15) is 0 Å². The lowest BCUT2D eigenvalue weighted by Gasteiger charge is -2.11. The van der Waals surface area contributed by atoms with E-state index >= 15 is 0 Å². The van der Waals surface area contributed by atoms with E-state index in [-0.39, 0.29) is 0 Å². The molecule has 0 saturated heterocycles. The van der Waals surface area contributed by atoms with Gasteiger partial charge >= 0.3 is 0 Å². The molecule has 1 aromatic heterocycles. The Morgan fingerprint density at radius 1 is 1.05 bits per heavy atom. The van der Waals surface area contributed by atoms with Gasteiger partial charge in [-0.3, -0.25) is 0 Å². The van der Waals surface area contributed by atoms with Crippen LogP contribution in [0.5, 0.6) is 0 Å². The number of nitrogens with one attached hydrogen (secondary N) is 1. The summed E-state index contributed by atoms with van der Waals surface area (Å²) in [7, 11) is 0. The number of aryl methyl sites for hydroxylation is 2. The number of nitrogen functional groups attached to an aromatic ring is 1. The topological polar surface area (TPSA) is 63.8 Å². The summed E-state index contributed by atoms with van der Waals surface area (Å²) in [5.74, 6) is 6.94. The van der Waals surface area contributed by atoms with E-state index < -0.39 is 0 Å². The summed E-state index contributed by atoms with van der Waals surface area (Å²) in [5, 5.41) is 0. The maximum Gasteiger partial charge on any atom is 0.161 e. The average Bonchev–Trinajstić information content (AvgIpc) is 2.47. The molecule has 4 nitrogen and oxygen atoms in total. The predicted molar refractivity (Wildman–Crippen MR) is 78.8 cm³/mol. The van der Waals surface area contributed by atoms with Gasteiger partial charge in [-0.2, -0.15) is 0 Å². The van der Waals surface area contributed by atoms with Crippen LogP contribution >= 0.6 is 0 Å². The van der Waals surface area contributed by atoms with E-state index in [0.717, 1.165) is 35.5 Å². The lowest BCUT2D eigenvalue weighted by molar-refractivity contribution is 0.973. The number of anilines is 1. The van der Waals surface area contributed by atoms with Gasteiger partial charge in [0, 0.05) is 16.8 Å². The van der Waals surface area contributed by atoms with E-state index in [1.807, 2.05) is 6.92 Å². The van der Waals surface area contributed by atoms with Crippen LogP contribution in [0.15, 0.2) is 24.3 Å². The molecule has 19 heavy (non-hydrogen) atoms. The summed E-state index contributed by atoms with van der Waals surface area (Å²) in [6.07, 6.45) is 1.90. The number of hydrogen-bond acceptors (Lipinski definition) is 4. The van der Waals surface area contributed by atoms with Crippen molar-refractivity contribution < 1.29 is 0 Å². The molecule has 0 aliphatic carbocycles. The largest absolute Gasteiger partial charge is 0.308 e. The fourth-order valence-electron chi connectivity index (χ4n) is 2.07. The highest BCUT2D eigenvalue weighted by Crippen LogP contribution is 2.22. The molecule has 1 heterocycles. The Balaban J connectivity index is 2.48. The molecule has 0 aliphatic rings. The third-order valence-corrected chi connectivity index (χ3v) is 3.34. The summed E-state index contributed by atoms with van der Waals surface area (Å²) < 4.78 is 0. The van der Waals surface area contributed by atoms with Crippen molar-refractivity contribution in [1.82, 2.24) is 9.97 Å². The van der Waals surface area contributed by atoms with E-state index in [0.29, 0.717) is 5.82 Å². The second kappa shape index (κ2) is 5.80. The third-order valence-electron chi connectivity index (χ3n) is 3.34. The second-order valence-corrected chi connectivity index (χ2v) is 4.52. The monoisotopic (exact) mass is 256 g/mol. The molecule has 0 unspecified atom stereocenters. The van der Waals surface area contributed by atoms with Crippen LogP contribution in [0.1, 0.15) is 30.7 Å². The Bertz CT molecular complexity index is 536. The van der Waals surface area contributed by atoms with Gasteiger partial charge in [-0.15, -0.1) is 0 Å². The normalized spacial score (nSPS) is 10.5. The molecular formula is C15H20N4. The minimum Gasteiger partial charge on any atom is -0.308 e. The molecule has 0 bridgehead atoms. The summed E-state index contributed by atoms with van der Waals surface area (Å²) in [4.78, 5) is 9.10. The van der Waals surface area contributed by atoms with E-state index in [1.54, 1.807) is 0 Å². The zero-order valence-electron chi connectivity index (χ0n) is 11.7. The molecule has 2 rings (SSSR count). The van der Waals surface area contributed by atoms with Gasteiger partial charge in [0.15, 0.2) is 5.82 Å². The minimum atomic E-state index is 0.696. The van der Waals surface area contributed by atoms with Crippen LogP contribution in [0.25, 0.3) is 11.4 Å². The fraction of sp³-hybridized carbons (Fsp3) is 0.333. The molecule has 0 radical (unpaired) electrons. The molecule has 0 amide bonds. The van der Waals surface area contributed by atoms with Gasteiger partial charge in [-0.05, 0) is 25.3 Å².